The third-order valence-corrected chi connectivity index (χ3v) is 14.1. The second-order valence-electron chi connectivity index (χ2n) is 16.5. The van der Waals surface area contributed by atoms with Gasteiger partial charge in [-0.1, -0.05) is 164 Å². The zero-order valence-corrected chi connectivity index (χ0v) is 35.1. The third-order valence-electron chi connectivity index (χ3n) is 13.0. The minimum atomic E-state index is 1.11. The molecule has 2 heterocycles. The lowest BCUT2D eigenvalue weighted by Crippen LogP contribution is -2.09. The maximum Gasteiger partial charge on any atom is 0.0619 e. The molecule has 0 aliphatic carbocycles. The molecule has 63 heavy (non-hydrogen) atoms. The van der Waals surface area contributed by atoms with Crippen molar-refractivity contribution in [1.29, 1.82) is 0 Å². The van der Waals surface area contributed by atoms with Crippen molar-refractivity contribution in [2.24, 2.45) is 0 Å². The number of rotatable bonds is 6. The number of thiophene rings is 1. The number of hydrogen-bond acceptors (Lipinski definition) is 2. The maximum atomic E-state index is 2.44. The SMILES string of the molecule is c1ccc(-n2c3cc(-c4ccc(N(c5ccc(-c6ccc7ccc8ccccc8c7c6)cc5)c5ccc6c(c5)sc5ccccc56)cc4)ccc3c3ccc4ccccc4c32)cc1. The van der Waals surface area contributed by atoms with Crippen LogP contribution in [0.25, 0.3) is 102 Å². The molecule has 2 nitrogen and oxygen atoms in total. The standard InChI is InChI=1S/C60H38N2S/c1-2-12-46(13-3-1)62-57-37-45(27-33-52(57)55-34-26-42-11-5-7-15-51(42)60(55)62)40-24-30-48(31-25-40)61(49-32-35-54-53-16-8-9-17-58(53)63-59(54)38-49)47-28-22-39(23-29-47)44-21-20-43-19-18-41-10-4-6-14-50(41)56(43)36-44/h1-38H. The molecule has 0 saturated carbocycles. The normalized spacial score (nSPS) is 11.8. The van der Waals surface area contributed by atoms with E-state index in [0.717, 1.165) is 22.7 Å². The predicted octanol–water partition coefficient (Wildman–Crippen LogP) is 17.4. The van der Waals surface area contributed by atoms with Gasteiger partial charge in [0.05, 0.1) is 11.0 Å². The van der Waals surface area contributed by atoms with Gasteiger partial charge in [-0.25, -0.2) is 0 Å². The molecule has 3 heteroatoms. The van der Waals surface area contributed by atoms with Gasteiger partial charge in [0.2, 0.25) is 0 Å². The van der Waals surface area contributed by atoms with Crippen LogP contribution >= 0.6 is 11.3 Å². The van der Waals surface area contributed by atoms with Crippen molar-refractivity contribution in [2.45, 2.75) is 0 Å². The summed E-state index contributed by atoms with van der Waals surface area (Å²) in [6.45, 7) is 0. The van der Waals surface area contributed by atoms with E-state index in [0.29, 0.717) is 0 Å². The summed E-state index contributed by atoms with van der Waals surface area (Å²) in [6.07, 6.45) is 0. The number of nitrogens with zero attached hydrogens (tertiary/aromatic N) is 2. The van der Waals surface area contributed by atoms with E-state index >= 15 is 0 Å². The number of hydrogen-bond donors (Lipinski definition) is 0. The Labute approximate surface area is 368 Å². The first kappa shape index (κ1) is 35.7. The molecule has 0 N–H and O–H groups in total. The Hall–Kier alpha value is -7.98. The molecule has 0 unspecified atom stereocenters. The van der Waals surface area contributed by atoms with Gasteiger partial charge in [0.25, 0.3) is 0 Å². The third kappa shape index (κ3) is 5.85. The van der Waals surface area contributed by atoms with E-state index in [1.54, 1.807) is 0 Å². The molecule has 0 fully saturated rings. The average molecular weight is 819 g/mol. The van der Waals surface area contributed by atoms with E-state index in [1.165, 1.54) is 96.5 Å². The number of aromatic nitrogens is 1. The maximum absolute atomic E-state index is 2.44. The second kappa shape index (κ2) is 14.3. The van der Waals surface area contributed by atoms with Gasteiger partial charge in [-0.15, -0.1) is 11.3 Å². The van der Waals surface area contributed by atoms with Gasteiger partial charge in [-0.2, -0.15) is 0 Å². The molecular weight excluding hydrogens is 781 g/mol. The lowest BCUT2D eigenvalue weighted by molar-refractivity contribution is 1.19. The number of anilines is 3. The Morgan fingerprint density at radius 1 is 0.302 bits per heavy atom. The van der Waals surface area contributed by atoms with Crippen LogP contribution in [0.3, 0.4) is 0 Å². The van der Waals surface area contributed by atoms with Gasteiger partial charge in [0.1, 0.15) is 0 Å². The van der Waals surface area contributed by atoms with E-state index in [2.05, 4.69) is 240 Å². The van der Waals surface area contributed by atoms with Gasteiger partial charge in [0.15, 0.2) is 0 Å². The molecule has 13 aromatic rings. The van der Waals surface area contributed by atoms with Crippen LogP contribution in [0.5, 0.6) is 0 Å². The first-order valence-corrected chi connectivity index (χ1v) is 22.4. The van der Waals surface area contributed by atoms with Gasteiger partial charge in [-0.3, -0.25) is 0 Å². The predicted molar refractivity (Wildman–Crippen MR) is 272 cm³/mol. The lowest BCUT2D eigenvalue weighted by atomic mass is 9.97. The van der Waals surface area contributed by atoms with Crippen LogP contribution in [0, 0.1) is 0 Å². The summed E-state index contributed by atoms with van der Waals surface area (Å²) < 4.78 is 5.04. The zero-order valence-electron chi connectivity index (χ0n) is 34.2. The average Bonchev–Trinajstić information content (AvgIpc) is 3.90. The van der Waals surface area contributed by atoms with Crippen molar-refractivity contribution in [3.05, 3.63) is 231 Å². The molecule has 294 valence electrons. The molecule has 0 atom stereocenters. The zero-order chi connectivity index (χ0) is 41.4. The first-order valence-electron chi connectivity index (χ1n) is 21.6. The molecule has 13 rings (SSSR count). The van der Waals surface area contributed by atoms with Crippen LogP contribution in [-0.4, -0.2) is 4.57 Å². The van der Waals surface area contributed by atoms with Crippen molar-refractivity contribution >= 4 is 103 Å². The second-order valence-corrected chi connectivity index (χ2v) is 17.6. The minimum absolute atomic E-state index is 1.11. The summed E-state index contributed by atoms with van der Waals surface area (Å²) in [5.74, 6) is 0. The fraction of sp³-hybridized carbons (Fsp3) is 0. The molecule has 0 spiro atoms. The van der Waals surface area contributed by atoms with E-state index in [1.807, 2.05) is 11.3 Å². The van der Waals surface area contributed by atoms with Crippen molar-refractivity contribution < 1.29 is 0 Å². The lowest BCUT2D eigenvalue weighted by Gasteiger charge is -2.26. The van der Waals surface area contributed by atoms with Crippen molar-refractivity contribution in [2.75, 3.05) is 4.90 Å². The van der Waals surface area contributed by atoms with Crippen LogP contribution in [0.15, 0.2) is 231 Å². The molecule has 2 aromatic heterocycles. The fourth-order valence-electron chi connectivity index (χ4n) is 9.89. The summed E-state index contributed by atoms with van der Waals surface area (Å²) in [4.78, 5) is 2.40. The molecule has 0 amide bonds. The van der Waals surface area contributed by atoms with E-state index in [-0.39, 0.29) is 0 Å². The highest BCUT2D eigenvalue weighted by molar-refractivity contribution is 7.25. The number of benzene rings is 11. The van der Waals surface area contributed by atoms with Crippen molar-refractivity contribution in [3.63, 3.8) is 0 Å². The Balaban J connectivity index is 0.923. The molecule has 0 radical (unpaired) electrons. The monoisotopic (exact) mass is 818 g/mol. The quantitative estimate of drug-likeness (QED) is 0.152. The van der Waals surface area contributed by atoms with E-state index in [4.69, 9.17) is 0 Å². The van der Waals surface area contributed by atoms with Crippen LogP contribution in [0.1, 0.15) is 0 Å². The summed E-state index contributed by atoms with van der Waals surface area (Å²) >= 11 is 1.86. The van der Waals surface area contributed by atoms with Crippen LogP contribution in [-0.2, 0) is 0 Å². The molecule has 0 aliphatic rings. The summed E-state index contributed by atoms with van der Waals surface area (Å²) in [6, 6.07) is 84.8. The Kier molecular flexibility index (Phi) is 8.12. The smallest absolute Gasteiger partial charge is 0.0619 e. The minimum Gasteiger partial charge on any atom is -0.310 e. The van der Waals surface area contributed by atoms with Gasteiger partial charge in [0, 0.05) is 59.1 Å². The van der Waals surface area contributed by atoms with Gasteiger partial charge >= 0.3 is 0 Å². The number of fused-ring (bicyclic) bond motifs is 11. The van der Waals surface area contributed by atoms with Crippen LogP contribution in [0.2, 0.25) is 0 Å². The molecule has 0 aliphatic heterocycles. The molecule has 0 bridgehead atoms. The van der Waals surface area contributed by atoms with E-state index in [9.17, 15) is 0 Å². The first-order chi connectivity index (χ1) is 31.2. The van der Waals surface area contributed by atoms with Crippen molar-refractivity contribution in [1.82, 2.24) is 4.57 Å². The topological polar surface area (TPSA) is 8.17 Å². The largest absolute Gasteiger partial charge is 0.310 e. The van der Waals surface area contributed by atoms with Crippen LogP contribution < -0.4 is 4.90 Å². The molecule has 11 aromatic carbocycles. The Bertz CT molecular complexity index is 3900. The Morgan fingerprint density at radius 3 is 1.57 bits per heavy atom. The van der Waals surface area contributed by atoms with Crippen LogP contribution in [0.4, 0.5) is 17.1 Å². The summed E-state index contributed by atoms with van der Waals surface area (Å²) in [5, 5.41) is 12.7. The van der Waals surface area contributed by atoms with Gasteiger partial charge in [-0.05, 0) is 116 Å². The molecular formula is C60H38N2S. The summed E-state index contributed by atoms with van der Waals surface area (Å²) in [7, 11) is 0. The highest BCUT2D eigenvalue weighted by atomic mass is 32.1. The Morgan fingerprint density at radius 2 is 0.810 bits per heavy atom. The fourth-order valence-corrected chi connectivity index (χ4v) is 11.0. The summed E-state index contributed by atoms with van der Waals surface area (Å²) in [5.41, 5.74) is 11.7. The highest BCUT2D eigenvalue weighted by Gasteiger charge is 2.18. The number of para-hydroxylation sites is 1. The van der Waals surface area contributed by atoms with Gasteiger partial charge < -0.3 is 9.47 Å². The van der Waals surface area contributed by atoms with Crippen molar-refractivity contribution in [3.8, 4) is 27.9 Å². The molecule has 0 saturated heterocycles. The van der Waals surface area contributed by atoms with E-state index < -0.39 is 0 Å². The highest BCUT2D eigenvalue weighted by Crippen LogP contribution is 2.43.